The second-order valence-electron chi connectivity index (χ2n) is 29.5. The summed E-state index contributed by atoms with van der Waals surface area (Å²) < 4.78 is 52.2. The summed E-state index contributed by atoms with van der Waals surface area (Å²) in [5, 5.41) is 121. The number of amides is 11. The van der Waals surface area contributed by atoms with Crippen LogP contribution in [0, 0.1) is 0 Å². The number of rotatable bonds is 63. The molecule has 3 aliphatic rings. The van der Waals surface area contributed by atoms with Crippen molar-refractivity contribution < 1.29 is 141 Å². The largest absolute Gasteiger partial charge is 0.394 e. The van der Waals surface area contributed by atoms with Crippen LogP contribution in [0.2, 0.25) is 0 Å². The Morgan fingerprint density at radius 3 is 0.898 bits per heavy atom. The third kappa shape index (κ3) is 42.7. The minimum absolute atomic E-state index is 0.0365. The van der Waals surface area contributed by atoms with Crippen LogP contribution in [0.25, 0.3) is 0 Å². The summed E-state index contributed by atoms with van der Waals surface area (Å²) >= 11 is 0. The summed E-state index contributed by atoms with van der Waals surface area (Å²) in [5.74, 6) is -3.80. The Hall–Kier alpha value is -7.33. The van der Waals surface area contributed by atoms with Crippen LogP contribution in [0.1, 0.15) is 168 Å². The molecule has 0 aromatic heterocycles. The highest BCUT2D eigenvalue weighted by Crippen LogP contribution is 2.26. The van der Waals surface area contributed by atoms with Crippen molar-refractivity contribution in [2.24, 2.45) is 0 Å². The van der Waals surface area contributed by atoms with Gasteiger partial charge in [-0.1, -0.05) is 49.6 Å². The van der Waals surface area contributed by atoms with Crippen LogP contribution in [0.5, 0.6) is 0 Å². The molecule has 3 saturated heterocycles. The number of carbonyl (C=O) groups is 11. The van der Waals surface area contributed by atoms with Gasteiger partial charge in [0.2, 0.25) is 65.0 Å². The zero-order valence-corrected chi connectivity index (χ0v) is 68.4. The molecule has 674 valence electrons. The molecule has 4 rings (SSSR count). The molecule has 3 fully saturated rings. The normalized spacial score (nSPS) is 23.4. The Labute approximate surface area is 689 Å². The average Bonchev–Trinajstić information content (AvgIpc) is 0.833. The third-order valence-electron chi connectivity index (χ3n) is 19.3. The van der Waals surface area contributed by atoms with Gasteiger partial charge in [-0.3, -0.25) is 52.7 Å². The van der Waals surface area contributed by atoms with Crippen molar-refractivity contribution in [3.63, 3.8) is 0 Å². The molecule has 0 spiro atoms. The standard InChI is InChI=1S/C78H133N11O29/c1-51(93)86-66-72(107)69(104)55(45-90)116-75(66)113-39-15-12-24-58(96)79-32-18-35-82-62(100)29-42-110-48-78(89-65(103)27-11-6-4-5-10-23-61(99)85-38-28-54-21-8-7-9-22-54,49-111-43-30-63(101)83-36-19-33-80-59(97)25-13-16-40-114-76-67(87-52(2)94)73(108)70(105)56(46-91)117-76)50-112-44-31-64(102)84-37-20-34-81-60(98)26-14-17-41-115-77-68(88-53(3)95)74(109)71(106)57(47-92)118-77/h7-9,21-22,55-57,66-77,90-92,104-109H,4-6,10-20,23-50H2,1-3H3,(H,79,96)(H,80,97)(H,81,98)(H,82,100)(H,83,101)(H,84,102)(H,85,99)(H,86,93)(H,87,94)(H,88,95)(H,89,103). The van der Waals surface area contributed by atoms with E-state index in [4.69, 9.17) is 42.6 Å². The second-order valence-corrected chi connectivity index (χ2v) is 29.5. The molecule has 20 N–H and O–H groups in total. The number of aliphatic hydroxyl groups is 9. The maximum Gasteiger partial charge on any atom is 0.222 e. The van der Waals surface area contributed by atoms with Crippen molar-refractivity contribution in [3.05, 3.63) is 35.9 Å². The molecule has 11 amide bonds. The molecule has 0 radical (unpaired) electrons. The number of unbranched alkanes of at least 4 members (excludes halogenated alkanes) is 7. The Morgan fingerprint density at radius 2 is 0.602 bits per heavy atom. The Kier molecular flexibility index (Phi) is 52.6. The number of benzene rings is 1. The number of nitrogens with one attached hydrogen (secondary N) is 11. The van der Waals surface area contributed by atoms with Crippen molar-refractivity contribution in [1.29, 1.82) is 0 Å². The average molecular weight is 1690 g/mol. The van der Waals surface area contributed by atoms with E-state index >= 15 is 0 Å². The topological polar surface area (TPSA) is 585 Å². The first-order valence-electron chi connectivity index (χ1n) is 41.2. The SMILES string of the molecule is CC(=O)NC1C(OCCCCC(=O)NCCCNC(=O)CCOCC(COCCC(=O)NCCCNC(=O)CCCCOC2OC(CO)C(O)C(O)C2NC(C)=O)(COCCC(=O)NCCCNC(=O)CCCCOC2OC(CO)C(O)C(O)C2NC(C)=O)NC(=O)CCCCCCCC(=O)NCCc2ccccc2)OC(CO)C(O)C1O. The van der Waals surface area contributed by atoms with Gasteiger partial charge < -0.3 is 147 Å². The predicted octanol–water partition coefficient (Wildman–Crippen LogP) is -4.59. The Balaban J connectivity index is 1.29. The molecule has 15 unspecified atom stereocenters. The van der Waals surface area contributed by atoms with E-state index in [1.165, 1.54) is 20.8 Å². The number of aliphatic hydroxyl groups excluding tert-OH is 9. The van der Waals surface area contributed by atoms with Crippen molar-refractivity contribution >= 4 is 65.0 Å². The summed E-state index contributed by atoms with van der Waals surface area (Å²) in [7, 11) is 0. The van der Waals surface area contributed by atoms with Crippen molar-refractivity contribution in [3.8, 4) is 0 Å². The molecule has 3 aliphatic heterocycles. The zero-order chi connectivity index (χ0) is 86.5. The fraction of sp³-hybridized carbons (Fsp3) is 0.782. The van der Waals surface area contributed by atoms with Crippen LogP contribution in [0.3, 0.4) is 0 Å². The zero-order valence-electron chi connectivity index (χ0n) is 68.4. The van der Waals surface area contributed by atoms with E-state index in [1.807, 2.05) is 30.3 Å². The predicted molar refractivity (Wildman–Crippen MR) is 420 cm³/mol. The van der Waals surface area contributed by atoms with Crippen LogP contribution in [-0.2, 0) is 102 Å². The maximum atomic E-state index is 14.0. The minimum atomic E-state index is -1.46. The molecule has 1 aromatic rings. The first-order chi connectivity index (χ1) is 56.7. The lowest BCUT2D eigenvalue weighted by Crippen LogP contribution is -2.64. The lowest BCUT2D eigenvalue weighted by atomic mass is 9.97. The number of ether oxygens (including phenoxy) is 9. The number of carbonyl (C=O) groups excluding carboxylic acids is 11. The van der Waals surface area contributed by atoms with E-state index in [9.17, 15) is 98.7 Å². The van der Waals surface area contributed by atoms with Crippen LogP contribution < -0.4 is 58.5 Å². The molecule has 1 aromatic carbocycles. The van der Waals surface area contributed by atoms with Gasteiger partial charge in [-0.25, -0.2) is 0 Å². The highest BCUT2D eigenvalue weighted by molar-refractivity contribution is 5.79. The summed E-state index contributed by atoms with van der Waals surface area (Å²) in [4.78, 5) is 139. The van der Waals surface area contributed by atoms with Gasteiger partial charge in [0.1, 0.15) is 78.6 Å². The summed E-state index contributed by atoms with van der Waals surface area (Å²) in [6, 6.07) is 6.54. The smallest absolute Gasteiger partial charge is 0.222 e. The fourth-order valence-corrected chi connectivity index (χ4v) is 12.8. The first-order valence-corrected chi connectivity index (χ1v) is 41.2. The minimum Gasteiger partial charge on any atom is -0.394 e. The van der Waals surface area contributed by atoms with E-state index in [2.05, 4.69) is 58.5 Å². The summed E-state index contributed by atoms with van der Waals surface area (Å²) in [5.41, 5.74) is -0.315. The lowest BCUT2D eigenvalue weighted by Gasteiger charge is -2.42. The molecular weight excluding hydrogens is 1550 g/mol. The maximum absolute atomic E-state index is 14.0. The van der Waals surface area contributed by atoms with E-state index in [0.29, 0.717) is 90.0 Å². The number of hydrogen-bond donors (Lipinski definition) is 20. The molecule has 0 bridgehead atoms. The molecule has 3 heterocycles. The van der Waals surface area contributed by atoms with Gasteiger partial charge in [-0.2, -0.15) is 0 Å². The highest BCUT2D eigenvalue weighted by Gasteiger charge is 2.48. The first kappa shape index (κ1) is 103. The van der Waals surface area contributed by atoms with Crippen LogP contribution in [-0.4, -0.2) is 334 Å². The lowest BCUT2D eigenvalue weighted by molar-refractivity contribution is -0.270. The van der Waals surface area contributed by atoms with Crippen LogP contribution in [0.4, 0.5) is 0 Å². The van der Waals surface area contributed by atoms with Gasteiger partial charge in [0.05, 0.1) is 59.5 Å². The van der Waals surface area contributed by atoms with Gasteiger partial charge in [-0.15, -0.1) is 0 Å². The molecule has 15 atom stereocenters. The molecule has 0 saturated carbocycles. The van der Waals surface area contributed by atoms with Gasteiger partial charge in [-0.05, 0) is 82.6 Å². The molecular formula is C78H133N11O29. The quantitative estimate of drug-likeness (QED) is 0.0273. The molecule has 118 heavy (non-hydrogen) atoms. The van der Waals surface area contributed by atoms with Gasteiger partial charge in [0.15, 0.2) is 18.9 Å². The summed E-state index contributed by atoms with van der Waals surface area (Å²) in [6.45, 7) is 2.81. The van der Waals surface area contributed by atoms with Crippen molar-refractivity contribution in [2.45, 2.75) is 266 Å². The van der Waals surface area contributed by atoms with E-state index in [0.717, 1.165) is 24.8 Å². The monoisotopic (exact) mass is 1690 g/mol. The highest BCUT2D eigenvalue weighted by atomic mass is 16.7. The summed E-state index contributed by atoms with van der Waals surface area (Å²) in [6.07, 6.45) is -7.56. The third-order valence-corrected chi connectivity index (χ3v) is 19.3. The van der Waals surface area contributed by atoms with Crippen LogP contribution >= 0.6 is 0 Å². The van der Waals surface area contributed by atoms with Crippen molar-refractivity contribution in [1.82, 2.24) is 58.5 Å². The van der Waals surface area contributed by atoms with E-state index < -0.39 is 135 Å². The van der Waals surface area contributed by atoms with E-state index in [1.54, 1.807) is 0 Å². The number of hydrogen-bond acceptors (Lipinski definition) is 29. The van der Waals surface area contributed by atoms with Gasteiger partial charge in [0, 0.05) is 138 Å². The Morgan fingerprint density at radius 1 is 0.331 bits per heavy atom. The molecule has 40 heteroatoms. The second kappa shape index (κ2) is 60.2. The van der Waals surface area contributed by atoms with Gasteiger partial charge >= 0.3 is 0 Å². The van der Waals surface area contributed by atoms with Crippen LogP contribution in [0.15, 0.2) is 30.3 Å². The Bertz CT molecular complexity index is 2840. The fourth-order valence-electron chi connectivity index (χ4n) is 12.8. The van der Waals surface area contributed by atoms with Gasteiger partial charge in [0.25, 0.3) is 0 Å². The van der Waals surface area contributed by atoms with Crippen molar-refractivity contribution in [2.75, 3.05) is 125 Å². The molecule has 40 nitrogen and oxygen atoms in total. The molecule has 0 aliphatic carbocycles. The van der Waals surface area contributed by atoms with E-state index in [-0.39, 0.29) is 191 Å².